The lowest BCUT2D eigenvalue weighted by molar-refractivity contribution is -0.333. The minimum atomic E-state index is -1.43. The molecule has 1 fully saturated rings. The van der Waals surface area contributed by atoms with Crippen LogP contribution in [0.25, 0.3) is 0 Å². The van der Waals surface area contributed by atoms with Gasteiger partial charge in [-0.15, -0.1) is 0 Å². The summed E-state index contributed by atoms with van der Waals surface area (Å²) in [5, 5.41) is 22.2. The van der Waals surface area contributed by atoms with Crippen molar-refractivity contribution >= 4 is 11.9 Å². The average molecular weight is 617 g/mol. The second kappa shape index (κ2) is 17.2. The van der Waals surface area contributed by atoms with E-state index in [9.17, 15) is 19.8 Å². The number of ether oxygens (including phenoxy) is 4. The van der Waals surface area contributed by atoms with Crippen LogP contribution in [0, 0.1) is 11.8 Å². The van der Waals surface area contributed by atoms with Crippen molar-refractivity contribution in [1.82, 2.24) is 0 Å². The minimum absolute atomic E-state index is 0.0532. The second-order valence-electron chi connectivity index (χ2n) is 12.8. The maximum atomic E-state index is 12.7. The zero-order valence-electron chi connectivity index (χ0n) is 28.5. The number of hydrogen-bond acceptors (Lipinski definition) is 8. The summed E-state index contributed by atoms with van der Waals surface area (Å²) in [5.41, 5.74) is 2.57. The lowest BCUT2D eigenvalue weighted by Crippen LogP contribution is -2.64. The van der Waals surface area contributed by atoms with Crippen LogP contribution in [0.4, 0.5) is 0 Å². The van der Waals surface area contributed by atoms with Crippen molar-refractivity contribution < 1.29 is 38.7 Å². The van der Waals surface area contributed by atoms with E-state index in [1.807, 2.05) is 32.9 Å². The van der Waals surface area contributed by atoms with Gasteiger partial charge in [0.25, 0.3) is 0 Å². The Morgan fingerprint density at radius 3 is 2.32 bits per heavy atom. The first-order valence-electron chi connectivity index (χ1n) is 16.1. The zero-order valence-corrected chi connectivity index (χ0v) is 28.5. The fourth-order valence-corrected chi connectivity index (χ4v) is 5.45. The summed E-state index contributed by atoms with van der Waals surface area (Å²) in [6.45, 7) is 19.2. The SMILES string of the molecule is CCC(=O)OC1C(O)C(O)C(OC2/C(C)=C/C(C)=C/CC(CC)OC(=O)/C(C)=C/C=C/CC(C)/C(C)=C/C2CC)OC1(C)C. The van der Waals surface area contributed by atoms with E-state index in [4.69, 9.17) is 18.9 Å². The maximum absolute atomic E-state index is 12.7. The molecule has 2 aliphatic rings. The number of carbonyl (C=O) groups excluding carboxylic acids is 2. The van der Waals surface area contributed by atoms with Gasteiger partial charge >= 0.3 is 11.9 Å². The Kier molecular flexibility index (Phi) is 14.8. The van der Waals surface area contributed by atoms with Crippen molar-refractivity contribution in [2.24, 2.45) is 11.8 Å². The van der Waals surface area contributed by atoms with E-state index in [1.165, 1.54) is 5.57 Å². The molecule has 2 aliphatic heterocycles. The third-order valence-corrected chi connectivity index (χ3v) is 8.62. The van der Waals surface area contributed by atoms with Crippen molar-refractivity contribution in [1.29, 1.82) is 0 Å². The van der Waals surface area contributed by atoms with Crippen LogP contribution in [0.3, 0.4) is 0 Å². The Morgan fingerprint density at radius 2 is 1.70 bits per heavy atom. The van der Waals surface area contributed by atoms with Crippen molar-refractivity contribution in [3.05, 3.63) is 58.7 Å². The van der Waals surface area contributed by atoms with Gasteiger partial charge in [0.2, 0.25) is 0 Å². The lowest BCUT2D eigenvalue weighted by Gasteiger charge is -2.47. The summed E-state index contributed by atoms with van der Waals surface area (Å²) in [7, 11) is 0. The van der Waals surface area contributed by atoms with E-state index in [-0.39, 0.29) is 30.3 Å². The van der Waals surface area contributed by atoms with Crippen LogP contribution in [0.1, 0.15) is 101 Å². The third-order valence-electron chi connectivity index (χ3n) is 8.62. The molecule has 0 aliphatic carbocycles. The monoisotopic (exact) mass is 616 g/mol. The van der Waals surface area contributed by atoms with Gasteiger partial charge in [-0.3, -0.25) is 4.79 Å². The quantitative estimate of drug-likeness (QED) is 0.252. The van der Waals surface area contributed by atoms with E-state index in [0.29, 0.717) is 18.4 Å². The molecule has 1 saturated heterocycles. The van der Waals surface area contributed by atoms with Crippen LogP contribution >= 0.6 is 0 Å². The van der Waals surface area contributed by atoms with Gasteiger partial charge in [-0.25, -0.2) is 4.79 Å². The molecule has 8 heteroatoms. The van der Waals surface area contributed by atoms with E-state index < -0.39 is 42.3 Å². The highest BCUT2D eigenvalue weighted by Gasteiger charge is 2.52. The van der Waals surface area contributed by atoms with Crippen molar-refractivity contribution in [2.45, 2.75) is 144 Å². The predicted octanol–water partition coefficient (Wildman–Crippen LogP) is 6.67. The summed E-state index contributed by atoms with van der Waals surface area (Å²) >= 11 is 0. The Hall–Kier alpha value is -2.52. The van der Waals surface area contributed by atoms with Gasteiger partial charge in [0, 0.05) is 24.3 Å². The second-order valence-corrected chi connectivity index (χ2v) is 12.8. The number of cyclic esters (lactones) is 1. The Morgan fingerprint density at radius 1 is 1.02 bits per heavy atom. The summed E-state index contributed by atoms with van der Waals surface area (Å²) in [6, 6.07) is 0. The zero-order chi connectivity index (χ0) is 33.2. The molecule has 0 aromatic rings. The molecule has 44 heavy (non-hydrogen) atoms. The number of allylic oxidation sites excluding steroid dienone is 6. The van der Waals surface area contributed by atoms with Gasteiger partial charge in [0.15, 0.2) is 12.4 Å². The summed E-state index contributed by atoms with van der Waals surface area (Å²) < 4.78 is 24.0. The normalized spacial score (nSPS) is 38.1. The van der Waals surface area contributed by atoms with Crippen molar-refractivity contribution in [3.8, 4) is 0 Å². The third kappa shape index (κ3) is 10.5. The first kappa shape index (κ1) is 37.7. The van der Waals surface area contributed by atoms with Gasteiger partial charge in [-0.2, -0.15) is 0 Å². The maximum Gasteiger partial charge on any atom is 0.333 e. The molecule has 0 aromatic carbocycles. The molecule has 0 radical (unpaired) electrons. The molecule has 2 N–H and O–H groups in total. The Labute approximate surface area is 264 Å². The van der Waals surface area contributed by atoms with Gasteiger partial charge in [-0.05, 0) is 72.3 Å². The number of rotatable bonds is 6. The Balaban J connectivity index is 2.52. The molecule has 0 spiro atoms. The van der Waals surface area contributed by atoms with Crippen LogP contribution < -0.4 is 0 Å². The number of hydrogen-bond donors (Lipinski definition) is 2. The van der Waals surface area contributed by atoms with E-state index in [0.717, 1.165) is 24.0 Å². The van der Waals surface area contributed by atoms with Crippen molar-refractivity contribution in [3.63, 3.8) is 0 Å². The fraction of sp³-hybridized carbons (Fsp3) is 0.667. The van der Waals surface area contributed by atoms with Gasteiger partial charge in [0.1, 0.15) is 23.9 Å². The first-order valence-corrected chi connectivity index (χ1v) is 16.1. The summed E-state index contributed by atoms with van der Waals surface area (Å²) in [6.07, 6.45) is 9.31. The summed E-state index contributed by atoms with van der Waals surface area (Å²) in [5.74, 6) is -0.611. The molecule has 248 valence electrons. The highest BCUT2D eigenvalue weighted by molar-refractivity contribution is 5.88. The van der Waals surface area contributed by atoms with Crippen molar-refractivity contribution in [2.75, 3.05) is 0 Å². The highest BCUT2D eigenvalue weighted by atomic mass is 16.7. The average Bonchev–Trinajstić information content (AvgIpc) is 2.98. The molecule has 0 aromatic heterocycles. The molecule has 0 amide bonds. The Bertz CT molecular complexity index is 1130. The standard InChI is InChI=1S/C36H56O8/c1-11-27-21-25(7)23(5)16-14-15-17-24(6)34(40)41-28(12-2)19-18-22(4)20-26(8)32(27)43-35-31(39)30(38)33(36(9,10)44-35)42-29(37)13-3/h14-15,17-18,20-21,23,27-28,30-33,35,38-39H,11-13,16,19H2,1-10H3/b15-14+,22-18+,24-17+,25-21+,26-20+. The molecule has 2 heterocycles. The molecule has 8 nitrogen and oxygen atoms in total. The van der Waals surface area contributed by atoms with Crippen LogP contribution in [-0.4, -0.2) is 64.6 Å². The smallest absolute Gasteiger partial charge is 0.333 e. The predicted molar refractivity (Wildman–Crippen MR) is 173 cm³/mol. The number of aliphatic hydroxyl groups excluding tert-OH is 2. The van der Waals surface area contributed by atoms with Crippen LogP contribution in [-0.2, 0) is 28.5 Å². The van der Waals surface area contributed by atoms with Crippen LogP contribution in [0.2, 0.25) is 0 Å². The lowest BCUT2D eigenvalue weighted by atomic mass is 9.87. The molecule has 2 rings (SSSR count). The summed E-state index contributed by atoms with van der Waals surface area (Å²) in [4.78, 5) is 24.7. The largest absolute Gasteiger partial charge is 0.459 e. The number of esters is 2. The molecular weight excluding hydrogens is 560 g/mol. The van der Waals surface area contributed by atoms with Crippen LogP contribution in [0.5, 0.6) is 0 Å². The minimum Gasteiger partial charge on any atom is -0.459 e. The molecule has 8 atom stereocenters. The molecule has 8 unspecified atom stereocenters. The topological polar surface area (TPSA) is 112 Å². The fourth-order valence-electron chi connectivity index (χ4n) is 5.45. The van der Waals surface area contributed by atoms with Gasteiger partial charge in [-0.1, -0.05) is 75.3 Å². The van der Waals surface area contributed by atoms with Gasteiger partial charge in [0.05, 0.1) is 6.10 Å². The first-order chi connectivity index (χ1) is 20.6. The molecule has 0 bridgehead atoms. The number of aliphatic hydroxyl groups is 2. The molecule has 0 saturated carbocycles. The van der Waals surface area contributed by atoms with E-state index in [2.05, 4.69) is 39.0 Å². The number of carbonyl (C=O) groups is 2. The molecular formula is C36H56O8. The van der Waals surface area contributed by atoms with Crippen LogP contribution in [0.15, 0.2) is 58.7 Å². The highest BCUT2D eigenvalue weighted by Crippen LogP contribution is 2.36. The van der Waals surface area contributed by atoms with E-state index >= 15 is 0 Å². The van der Waals surface area contributed by atoms with E-state index in [1.54, 1.807) is 33.8 Å². The van der Waals surface area contributed by atoms with Gasteiger partial charge < -0.3 is 29.2 Å².